The minimum absolute atomic E-state index is 0.0173. The minimum atomic E-state index is -0.0173. The zero-order valence-electron chi connectivity index (χ0n) is 10.4. The van der Waals surface area contributed by atoms with E-state index >= 15 is 0 Å². The molecule has 3 rings (SSSR count). The third-order valence-corrected chi connectivity index (χ3v) is 3.29. The van der Waals surface area contributed by atoms with Crippen LogP contribution in [0.1, 0.15) is 16.8 Å². The second kappa shape index (κ2) is 3.97. The minimum Gasteiger partial charge on any atom is -0.495 e. The molecule has 0 unspecified atom stereocenters. The Morgan fingerprint density at radius 1 is 1.39 bits per heavy atom. The number of nitrogens with zero attached hydrogens (tertiary/aromatic N) is 4. The fraction of sp³-hybridized carbons (Fsp3) is 0.417. The molecule has 3 heterocycles. The summed E-state index contributed by atoms with van der Waals surface area (Å²) in [4.78, 5) is 18.3. The van der Waals surface area contributed by atoms with Gasteiger partial charge < -0.3 is 9.64 Å². The Morgan fingerprint density at radius 2 is 2.17 bits per heavy atom. The predicted molar refractivity (Wildman–Crippen MR) is 65.6 cm³/mol. The van der Waals surface area contributed by atoms with Gasteiger partial charge in [0.2, 0.25) is 0 Å². The number of rotatable bonds is 2. The Hall–Kier alpha value is -2.11. The van der Waals surface area contributed by atoms with Gasteiger partial charge in [-0.3, -0.25) is 9.48 Å². The number of aryl methyl sites for hydroxylation is 1. The number of fused-ring (bicyclic) bond motifs is 1. The molecule has 0 atom stereocenters. The van der Waals surface area contributed by atoms with Gasteiger partial charge in [0, 0.05) is 26.3 Å². The molecule has 2 aromatic heterocycles. The van der Waals surface area contributed by atoms with Crippen LogP contribution >= 0.6 is 0 Å². The highest BCUT2D eigenvalue weighted by Gasteiger charge is 2.26. The van der Waals surface area contributed by atoms with Crippen molar-refractivity contribution in [2.75, 3.05) is 20.2 Å². The van der Waals surface area contributed by atoms with Gasteiger partial charge in [-0.1, -0.05) is 0 Å². The van der Waals surface area contributed by atoms with Gasteiger partial charge in [0.05, 0.1) is 18.7 Å². The molecule has 1 saturated heterocycles. The van der Waals surface area contributed by atoms with Gasteiger partial charge in [0.25, 0.3) is 5.91 Å². The predicted octanol–water partition coefficient (Wildman–Crippen LogP) is 0.823. The van der Waals surface area contributed by atoms with E-state index in [0.717, 1.165) is 24.9 Å². The summed E-state index contributed by atoms with van der Waals surface area (Å²) in [6.07, 6.45) is 4.31. The average molecular weight is 246 g/mol. The van der Waals surface area contributed by atoms with Crippen molar-refractivity contribution in [1.82, 2.24) is 19.7 Å². The van der Waals surface area contributed by atoms with Crippen LogP contribution in [0.15, 0.2) is 12.4 Å². The number of hydrogen-bond acceptors (Lipinski definition) is 4. The van der Waals surface area contributed by atoms with Gasteiger partial charge in [-0.05, 0) is 6.42 Å². The Kier molecular flexibility index (Phi) is 2.43. The first-order chi connectivity index (χ1) is 8.72. The summed E-state index contributed by atoms with van der Waals surface area (Å²) in [6.45, 7) is 1.63. The number of aromatic nitrogens is 3. The number of hydrogen-bond donors (Lipinski definition) is 0. The van der Waals surface area contributed by atoms with Crippen LogP contribution < -0.4 is 4.74 Å². The van der Waals surface area contributed by atoms with Crippen LogP contribution in [0.25, 0.3) is 11.0 Å². The quantitative estimate of drug-likeness (QED) is 0.787. The molecule has 6 nitrogen and oxygen atoms in total. The van der Waals surface area contributed by atoms with E-state index in [1.54, 1.807) is 29.1 Å². The molecule has 6 heteroatoms. The number of methoxy groups -OCH3 is 1. The molecule has 1 fully saturated rings. The first kappa shape index (κ1) is 11.0. The van der Waals surface area contributed by atoms with Gasteiger partial charge in [0.1, 0.15) is 11.3 Å². The maximum absolute atomic E-state index is 12.2. The van der Waals surface area contributed by atoms with Crippen LogP contribution in [0.2, 0.25) is 0 Å². The van der Waals surface area contributed by atoms with Gasteiger partial charge in [-0.15, -0.1) is 0 Å². The van der Waals surface area contributed by atoms with Crippen molar-refractivity contribution in [3.05, 3.63) is 18.0 Å². The van der Waals surface area contributed by atoms with E-state index in [4.69, 9.17) is 4.74 Å². The highest BCUT2D eigenvalue weighted by Crippen LogP contribution is 2.29. The Balaban J connectivity index is 2.13. The first-order valence-corrected chi connectivity index (χ1v) is 5.86. The standard InChI is InChI=1S/C12H14N4O2/c1-15-11-8(7-14-15)10(18-2)9(6-13-11)12(17)16-4-3-5-16/h6-7H,3-5H2,1-2H3. The third-order valence-electron chi connectivity index (χ3n) is 3.29. The largest absolute Gasteiger partial charge is 0.495 e. The summed E-state index contributed by atoms with van der Waals surface area (Å²) in [5, 5.41) is 4.90. The van der Waals surface area contributed by atoms with E-state index in [0.29, 0.717) is 17.0 Å². The first-order valence-electron chi connectivity index (χ1n) is 5.86. The zero-order chi connectivity index (χ0) is 12.7. The second-order valence-corrected chi connectivity index (χ2v) is 4.36. The Bertz CT molecular complexity index is 616. The summed E-state index contributed by atoms with van der Waals surface area (Å²) in [7, 11) is 3.38. The summed E-state index contributed by atoms with van der Waals surface area (Å²) in [5.41, 5.74) is 1.23. The van der Waals surface area contributed by atoms with Crippen LogP contribution in [0, 0.1) is 0 Å². The van der Waals surface area contributed by atoms with E-state index in [2.05, 4.69) is 10.1 Å². The Labute approximate surface area is 104 Å². The van der Waals surface area contributed by atoms with Gasteiger partial charge in [-0.2, -0.15) is 5.10 Å². The van der Waals surface area contributed by atoms with E-state index in [1.807, 2.05) is 7.05 Å². The molecule has 1 aliphatic rings. The molecular weight excluding hydrogens is 232 g/mol. The summed E-state index contributed by atoms with van der Waals surface area (Å²) < 4.78 is 7.03. The molecule has 0 bridgehead atoms. The van der Waals surface area contributed by atoms with Crippen molar-refractivity contribution in [3.8, 4) is 5.75 Å². The van der Waals surface area contributed by atoms with Crippen LogP contribution in [0.3, 0.4) is 0 Å². The number of amides is 1. The molecule has 0 N–H and O–H groups in total. The van der Waals surface area contributed by atoms with E-state index in [9.17, 15) is 4.79 Å². The van der Waals surface area contributed by atoms with E-state index < -0.39 is 0 Å². The second-order valence-electron chi connectivity index (χ2n) is 4.36. The number of likely N-dealkylation sites (tertiary alicyclic amines) is 1. The number of carbonyl (C=O) groups is 1. The summed E-state index contributed by atoms with van der Waals surface area (Å²) >= 11 is 0. The average Bonchev–Trinajstić information content (AvgIpc) is 2.68. The molecule has 1 amide bonds. The molecule has 0 aromatic carbocycles. The summed E-state index contributed by atoms with van der Waals surface area (Å²) in [6, 6.07) is 0. The maximum atomic E-state index is 12.2. The SMILES string of the molecule is COc1c(C(=O)N2CCC2)cnc2c1cnn2C. The molecule has 0 aliphatic carbocycles. The molecular formula is C12H14N4O2. The Morgan fingerprint density at radius 3 is 2.78 bits per heavy atom. The zero-order valence-corrected chi connectivity index (χ0v) is 10.4. The monoisotopic (exact) mass is 246 g/mol. The van der Waals surface area contributed by atoms with Crippen molar-refractivity contribution < 1.29 is 9.53 Å². The molecule has 2 aromatic rings. The molecule has 18 heavy (non-hydrogen) atoms. The van der Waals surface area contributed by atoms with Crippen molar-refractivity contribution in [1.29, 1.82) is 0 Å². The number of ether oxygens (including phenoxy) is 1. The highest BCUT2D eigenvalue weighted by molar-refractivity contribution is 6.02. The topological polar surface area (TPSA) is 60.2 Å². The molecule has 0 saturated carbocycles. The lowest BCUT2D eigenvalue weighted by molar-refractivity contribution is 0.0648. The molecule has 0 radical (unpaired) electrons. The highest BCUT2D eigenvalue weighted by atomic mass is 16.5. The number of pyridine rings is 1. The van der Waals surface area contributed by atoms with Crippen LogP contribution in [-0.4, -0.2) is 45.8 Å². The van der Waals surface area contributed by atoms with Crippen LogP contribution in [-0.2, 0) is 7.05 Å². The van der Waals surface area contributed by atoms with Crippen molar-refractivity contribution in [3.63, 3.8) is 0 Å². The van der Waals surface area contributed by atoms with Crippen LogP contribution in [0.5, 0.6) is 5.75 Å². The van der Waals surface area contributed by atoms with Gasteiger partial charge in [-0.25, -0.2) is 4.98 Å². The van der Waals surface area contributed by atoms with Gasteiger partial charge in [0.15, 0.2) is 5.65 Å². The smallest absolute Gasteiger partial charge is 0.259 e. The summed E-state index contributed by atoms with van der Waals surface area (Å²) in [5.74, 6) is 0.543. The molecule has 94 valence electrons. The van der Waals surface area contributed by atoms with E-state index in [-0.39, 0.29) is 5.91 Å². The number of carbonyl (C=O) groups excluding carboxylic acids is 1. The fourth-order valence-corrected chi connectivity index (χ4v) is 2.14. The van der Waals surface area contributed by atoms with Crippen LogP contribution in [0.4, 0.5) is 0 Å². The molecule has 1 aliphatic heterocycles. The third kappa shape index (κ3) is 1.45. The van der Waals surface area contributed by atoms with Gasteiger partial charge >= 0.3 is 0 Å². The normalized spacial score (nSPS) is 14.7. The van der Waals surface area contributed by atoms with Crippen molar-refractivity contribution in [2.24, 2.45) is 7.05 Å². The lowest BCUT2D eigenvalue weighted by Crippen LogP contribution is -2.42. The van der Waals surface area contributed by atoms with Crippen molar-refractivity contribution >= 4 is 16.9 Å². The van der Waals surface area contributed by atoms with E-state index in [1.165, 1.54) is 0 Å². The van der Waals surface area contributed by atoms with Crippen molar-refractivity contribution in [2.45, 2.75) is 6.42 Å². The maximum Gasteiger partial charge on any atom is 0.259 e. The lowest BCUT2D eigenvalue weighted by Gasteiger charge is -2.31. The fourth-order valence-electron chi connectivity index (χ4n) is 2.14. The lowest BCUT2D eigenvalue weighted by atomic mass is 10.1. The molecule has 0 spiro atoms.